The van der Waals surface area contributed by atoms with Crippen LogP contribution in [0.3, 0.4) is 0 Å². The van der Waals surface area contributed by atoms with Crippen molar-refractivity contribution in [1.29, 1.82) is 5.41 Å². The zero-order valence-electron chi connectivity index (χ0n) is 19.3. The van der Waals surface area contributed by atoms with Crippen LogP contribution in [0.2, 0.25) is 5.15 Å². The maximum atomic E-state index is 13.3. The van der Waals surface area contributed by atoms with E-state index in [1.807, 2.05) is 19.9 Å². The summed E-state index contributed by atoms with van der Waals surface area (Å²) >= 11 is 6.00. The van der Waals surface area contributed by atoms with E-state index in [1.165, 1.54) is 0 Å². The second-order valence-electron chi connectivity index (χ2n) is 8.19. The van der Waals surface area contributed by atoms with Crippen LogP contribution >= 0.6 is 11.6 Å². The number of amidine groups is 1. The molecule has 2 aromatic heterocycles. The second kappa shape index (κ2) is 9.19. The van der Waals surface area contributed by atoms with Crippen LogP contribution in [0.25, 0.3) is 11.0 Å². The highest BCUT2D eigenvalue weighted by Gasteiger charge is 2.22. The van der Waals surface area contributed by atoms with E-state index >= 15 is 0 Å². The summed E-state index contributed by atoms with van der Waals surface area (Å²) in [7, 11) is 0. The summed E-state index contributed by atoms with van der Waals surface area (Å²) < 4.78 is 6.30. The van der Waals surface area contributed by atoms with E-state index < -0.39 is 0 Å². The predicted molar refractivity (Wildman–Crippen MR) is 138 cm³/mol. The van der Waals surface area contributed by atoms with Crippen LogP contribution in [0.1, 0.15) is 41.1 Å². The number of rotatable bonds is 5. The number of fused-ring (bicyclic) bond motifs is 1. The minimum Gasteiger partial charge on any atom is -0.454 e. The number of nitrogens with two attached hydrogens (primary N) is 1. The van der Waals surface area contributed by atoms with E-state index in [-0.39, 0.29) is 39.6 Å². The van der Waals surface area contributed by atoms with Crippen molar-refractivity contribution < 1.29 is 9.62 Å². The van der Waals surface area contributed by atoms with Gasteiger partial charge in [-0.05, 0) is 56.7 Å². The Kier molecular flexibility index (Phi) is 6.27. The lowest BCUT2D eigenvalue weighted by molar-refractivity contribution is 0.318. The summed E-state index contributed by atoms with van der Waals surface area (Å²) in [6.45, 7) is 9.25. The summed E-state index contributed by atoms with van der Waals surface area (Å²) in [6, 6.07) is 6.58. The molecule has 0 radical (unpaired) electrons. The third-order valence-electron chi connectivity index (χ3n) is 5.65. The van der Waals surface area contributed by atoms with Gasteiger partial charge < -0.3 is 20.7 Å². The van der Waals surface area contributed by atoms with Gasteiger partial charge in [0.25, 0.3) is 0 Å². The number of aromatic nitrogens is 1. The summed E-state index contributed by atoms with van der Waals surface area (Å²) in [5.74, 6) is 0.115. The van der Waals surface area contributed by atoms with Gasteiger partial charge in [-0.1, -0.05) is 29.4 Å². The van der Waals surface area contributed by atoms with Gasteiger partial charge in [-0.2, -0.15) is 0 Å². The lowest BCUT2D eigenvalue weighted by atomic mass is 9.99. The molecular weight excluding hydrogens is 468 g/mol. The van der Waals surface area contributed by atoms with Crippen molar-refractivity contribution >= 4 is 45.5 Å². The number of nitrogens with zero attached hydrogens (tertiary/aromatic N) is 3. The van der Waals surface area contributed by atoms with Gasteiger partial charge in [-0.3, -0.25) is 10.2 Å². The van der Waals surface area contributed by atoms with Gasteiger partial charge >= 0.3 is 0 Å². The number of pyridine rings is 1. The number of hydrogen-bond acceptors (Lipinski definition) is 8. The topological polar surface area (TPSA) is 150 Å². The molecule has 1 unspecified atom stereocenters. The highest BCUT2D eigenvalue weighted by atomic mass is 35.5. The summed E-state index contributed by atoms with van der Waals surface area (Å²) in [4.78, 5) is 21.8. The van der Waals surface area contributed by atoms with Crippen molar-refractivity contribution in [2.24, 2.45) is 15.9 Å². The molecule has 0 saturated carbocycles. The zero-order valence-corrected chi connectivity index (χ0v) is 20.1. The number of allylic oxidation sites excluding steroid dienone is 2. The Balaban J connectivity index is 1.87. The number of nitrogens with one attached hydrogen (secondary N) is 2. The average molecular weight is 491 g/mol. The monoisotopic (exact) mass is 490 g/mol. The lowest BCUT2D eigenvalue weighted by Crippen LogP contribution is -2.20. The van der Waals surface area contributed by atoms with Crippen molar-refractivity contribution in [2.75, 3.05) is 5.32 Å². The number of halogens is 1. The fraction of sp³-hybridized carbons (Fsp3) is 0.160. The molecule has 10 heteroatoms. The van der Waals surface area contributed by atoms with Crippen LogP contribution in [0, 0.1) is 19.3 Å². The Hall–Kier alpha value is -4.24. The molecule has 3 heterocycles. The van der Waals surface area contributed by atoms with Gasteiger partial charge in [-0.15, -0.1) is 0 Å². The fourth-order valence-corrected chi connectivity index (χ4v) is 4.01. The van der Waals surface area contributed by atoms with Crippen LogP contribution in [0.15, 0.2) is 68.1 Å². The van der Waals surface area contributed by atoms with E-state index in [4.69, 9.17) is 32.4 Å². The zero-order chi connectivity index (χ0) is 25.4. The Morgan fingerprint density at radius 3 is 2.74 bits per heavy atom. The van der Waals surface area contributed by atoms with Crippen molar-refractivity contribution in [2.45, 2.75) is 26.8 Å². The Bertz CT molecular complexity index is 1550. The third-order valence-corrected chi connectivity index (χ3v) is 5.86. The molecule has 35 heavy (non-hydrogen) atoms. The molecule has 1 aromatic carbocycles. The van der Waals surface area contributed by atoms with E-state index in [1.54, 1.807) is 37.3 Å². The molecular formula is C25H23ClN6O3. The van der Waals surface area contributed by atoms with Crippen LogP contribution in [-0.2, 0) is 0 Å². The Morgan fingerprint density at radius 2 is 2.06 bits per heavy atom. The van der Waals surface area contributed by atoms with Gasteiger partial charge in [0, 0.05) is 11.1 Å². The largest absolute Gasteiger partial charge is 0.454 e. The molecule has 9 nitrogen and oxygen atoms in total. The number of oxime groups is 1. The third kappa shape index (κ3) is 4.45. The van der Waals surface area contributed by atoms with Crippen molar-refractivity contribution in [3.63, 3.8) is 0 Å². The molecule has 0 fully saturated rings. The smallest absolute Gasteiger partial charge is 0.196 e. The van der Waals surface area contributed by atoms with Crippen LogP contribution in [0.4, 0.5) is 5.69 Å². The molecule has 4 rings (SSSR count). The molecule has 0 spiro atoms. The first-order valence-corrected chi connectivity index (χ1v) is 11.0. The van der Waals surface area contributed by atoms with Crippen LogP contribution < -0.4 is 16.5 Å². The highest BCUT2D eigenvalue weighted by Crippen LogP contribution is 2.30. The van der Waals surface area contributed by atoms with Gasteiger partial charge in [-0.25, -0.2) is 9.98 Å². The number of benzene rings is 1. The standard InChI is InChI=1S/C25H23ClN6O3/c1-11-9-15(13(3)29-18-7-8-20(26)31-21(18)25(28)32-34)24-16(10-11)22(33)12(2)23(35-24)19-6-5-17(27)14(4)30-19/h5-10,13,27,29,34H,4H2,1-3H3,(H2,28,32). The van der Waals surface area contributed by atoms with Gasteiger partial charge in [0.2, 0.25) is 0 Å². The van der Waals surface area contributed by atoms with Crippen molar-refractivity contribution in [3.8, 4) is 0 Å². The Morgan fingerprint density at radius 1 is 1.31 bits per heavy atom. The normalized spacial score (nSPS) is 14.9. The average Bonchev–Trinajstić information content (AvgIpc) is 2.83. The summed E-state index contributed by atoms with van der Waals surface area (Å²) in [5, 5.41) is 23.9. The minimum atomic E-state index is -0.378. The first-order chi connectivity index (χ1) is 16.6. The predicted octanol–water partition coefficient (Wildman–Crippen LogP) is 4.62. The van der Waals surface area contributed by atoms with E-state index in [2.05, 4.69) is 27.0 Å². The van der Waals surface area contributed by atoms with Crippen molar-refractivity contribution in [3.05, 3.63) is 92.2 Å². The molecule has 1 atom stereocenters. The lowest BCUT2D eigenvalue weighted by Gasteiger charge is -2.20. The number of anilines is 1. The maximum absolute atomic E-state index is 13.3. The quantitative estimate of drug-likeness (QED) is 0.135. The van der Waals surface area contributed by atoms with Crippen LogP contribution in [-0.4, -0.2) is 27.5 Å². The van der Waals surface area contributed by atoms with Gasteiger partial charge in [0.05, 0.1) is 28.5 Å². The molecule has 1 aliphatic heterocycles. The minimum absolute atomic E-state index is 0.175. The first-order valence-electron chi connectivity index (χ1n) is 10.6. The molecule has 1 aliphatic rings. The molecule has 5 N–H and O–H groups in total. The molecule has 178 valence electrons. The van der Waals surface area contributed by atoms with E-state index in [9.17, 15) is 4.79 Å². The fourth-order valence-electron chi connectivity index (χ4n) is 3.87. The van der Waals surface area contributed by atoms with Crippen LogP contribution in [0.5, 0.6) is 0 Å². The van der Waals surface area contributed by atoms with Crippen molar-refractivity contribution in [1.82, 2.24) is 4.98 Å². The SMILES string of the molecule is C=C1N=C(c2oc3c(C(C)Nc4ccc(Cl)nc4/C(N)=N/O)cc(C)cc3c(=O)c2C)C=CC1=N. The molecule has 0 amide bonds. The van der Waals surface area contributed by atoms with E-state index in [0.29, 0.717) is 39.3 Å². The van der Waals surface area contributed by atoms with Gasteiger partial charge in [0.1, 0.15) is 22.1 Å². The highest BCUT2D eigenvalue weighted by molar-refractivity contribution is 6.29. The molecule has 3 aromatic rings. The number of aryl methyl sites for hydroxylation is 1. The Labute approximate surface area is 205 Å². The number of dihydropyridines is 1. The maximum Gasteiger partial charge on any atom is 0.196 e. The summed E-state index contributed by atoms with van der Waals surface area (Å²) in [5.41, 5.74) is 9.59. The van der Waals surface area contributed by atoms with E-state index in [0.717, 1.165) is 5.56 Å². The number of aliphatic imine (C=N–C) groups is 1. The first kappa shape index (κ1) is 23.9. The molecule has 0 saturated heterocycles. The molecule has 0 aliphatic carbocycles. The van der Waals surface area contributed by atoms with Gasteiger partial charge in [0.15, 0.2) is 17.0 Å². The summed E-state index contributed by atoms with van der Waals surface area (Å²) in [6.07, 6.45) is 3.20. The second-order valence-corrected chi connectivity index (χ2v) is 8.58. The number of hydrogen-bond donors (Lipinski definition) is 4. The molecule has 0 bridgehead atoms.